The van der Waals surface area contributed by atoms with Crippen molar-refractivity contribution in [3.63, 3.8) is 0 Å². The van der Waals surface area contributed by atoms with Crippen molar-refractivity contribution in [1.82, 2.24) is 14.3 Å². The third-order valence-electron chi connectivity index (χ3n) is 5.72. The molecule has 3 aromatic heterocycles. The summed E-state index contributed by atoms with van der Waals surface area (Å²) >= 11 is 2.41. The molecule has 0 saturated carbocycles. The maximum absolute atomic E-state index is 13.8. The molecule has 0 spiro atoms. The molecule has 4 heterocycles. The van der Waals surface area contributed by atoms with Gasteiger partial charge in [-0.3, -0.25) is 14.7 Å². The molecule has 1 aromatic carbocycles. The summed E-state index contributed by atoms with van der Waals surface area (Å²) in [7, 11) is -3.64. The number of sulfonamides is 1. The van der Waals surface area contributed by atoms with Crippen LogP contribution in [0.3, 0.4) is 0 Å². The Bertz CT molecular complexity index is 1410. The zero-order chi connectivity index (χ0) is 23.7. The SMILES string of the molecule is O=C(C1CCCN(S(=O)(=O)c2cccs2)C1)N(Cc1cccnc1)c1nc2ccc(F)cc2s1. The van der Waals surface area contributed by atoms with Gasteiger partial charge in [0.1, 0.15) is 10.0 Å². The summed E-state index contributed by atoms with van der Waals surface area (Å²) in [4.78, 5) is 24.1. The van der Waals surface area contributed by atoms with Gasteiger partial charge in [0.05, 0.1) is 22.7 Å². The molecular weight excluding hydrogens is 495 g/mol. The summed E-state index contributed by atoms with van der Waals surface area (Å²) in [6, 6.07) is 11.3. The van der Waals surface area contributed by atoms with Crippen LogP contribution in [-0.4, -0.2) is 41.7 Å². The van der Waals surface area contributed by atoms with Gasteiger partial charge >= 0.3 is 0 Å². The van der Waals surface area contributed by atoms with Gasteiger partial charge < -0.3 is 0 Å². The van der Waals surface area contributed by atoms with Crippen LogP contribution in [-0.2, 0) is 21.4 Å². The number of nitrogens with zero attached hydrogens (tertiary/aromatic N) is 4. The van der Waals surface area contributed by atoms with Crippen molar-refractivity contribution < 1.29 is 17.6 Å². The van der Waals surface area contributed by atoms with E-state index < -0.39 is 15.9 Å². The van der Waals surface area contributed by atoms with E-state index >= 15 is 0 Å². The van der Waals surface area contributed by atoms with E-state index in [0.29, 0.717) is 34.7 Å². The van der Waals surface area contributed by atoms with Crippen LogP contribution in [0.25, 0.3) is 10.2 Å². The molecule has 1 unspecified atom stereocenters. The number of benzene rings is 1. The van der Waals surface area contributed by atoms with Gasteiger partial charge in [-0.05, 0) is 54.1 Å². The van der Waals surface area contributed by atoms with E-state index in [2.05, 4.69) is 9.97 Å². The van der Waals surface area contributed by atoms with Gasteiger partial charge in [0, 0.05) is 25.5 Å². The van der Waals surface area contributed by atoms with Crippen LogP contribution < -0.4 is 4.90 Å². The molecule has 0 radical (unpaired) electrons. The van der Waals surface area contributed by atoms with E-state index in [1.54, 1.807) is 46.9 Å². The third kappa shape index (κ3) is 4.61. The molecule has 1 aliphatic heterocycles. The topological polar surface area (TPSA) is 83.5 Å². The van der Waals surface area contributed by atoms with Crippen LogP contribution in [0.5, 0.6) is 0 Å². The maximum Gasteiger partial charge on any atom is 0.252 e. The minimum absolute atomic E-state index is 0.113. The predicted octanol–water partition coefficient (Wildman–Crippen LogP) is 4.53. The Hall–Kier alpha value is -2.73. The van der Waals surface area contributed by atoms with Gasteiger partial charge in [0.15, 0.2) is 5.13 Å². The number of thiophene rings is 1. The summed E-state index contributed by atoms with van der Waals surface area (Å²) in [5, 5.41) is 2.18. The standard InChI is InChI=1S/C23H21FN4O3S3/c24-18-7-8-19-20(12-18)33-23(26-19)28(14-16-4-1-9-25-13-16)22(29)17-5-2-10-27(15-17)34(30,31)21-6-3-11-32-21/h1,3-4,6-9,11-13,17H,2,5,10,14-15H2. The van der Waals surface area contributed by atoms with Gasteiger partial charge in [-0.2, -0.15) is 4.31 Å². The molecule has 0 aliphatic carbocycles. The van der Waals surface area contributed by atoms with Crippen molar-refractivity contribution in [2.24, 2.45) is 5.92 Å². The summed E-state index contributed by atoms with van der Waals surface area (Å²) < 4.78 is 42.2. The number of carbonyl (C=O) groups is 1. The maximum atomic E-state index is 13.8. The lowest BCUT2D eigenvalue weighted by atomic mass is 9.98. The predicted molar refractivity (Wildman–Crippen MR) is 131 cm³/mol. The summed E-state index contributed by atoms with van der Waals surface area (Å²) in [5.41, 5.74) is 1.43. The minimum Gasteiger partial charge on any atom is -0.283 e. The number of anilines is 1. The number of piperidine rings is 1. The van der Waals surface area contributed by atoms with Crippen LogP contribution in [0, 0.1) is 11.7 Å². The van der Waals surface area contributed by atoms with E-state index in [4.69, 9.17) is 0 Å². The van der Waals surface area contributed by atoms with Crippen LogP contribution in [0.4, 0.5) is 9.52 Å². The molecule has 0 N–H and O–H groups in total. The molecular formula is C23H21FN4O3S3. The highest BCUT2D eigenvalue weighted by molar-refractivity contribution is 7.91. The first-order valence-electron chi connectivity index (χ1n) is 10.7. The third-order valence-corrected chi connectivity index (χ3v) is 10.0. The Morgan fingerprint density at radius 1 is 1.24 bits per heavy atom. The molecule has 5 rings (SSSR count). The number of aromatic nitrogens is 2. The van der Waals surface area contributed by atoms with E-state index in [-0.39, 0.29) is 29.0 Å². The lowest BCUT2D eigenvalue weighted by Crippen LogP contribution is -2.46. The Balaban J connectivity index is 1.46. The first kappa shape index (κ1) is 23.0. The van der Waals surface area contributed by atoms with Crippen LogP contribution >= 0.6 is 22.7 Å². The fraction of sp³-hybridized carbons (Fsp3) is 0.261. The van der Waals surface area contributed by atoms with E-state index in [9.17, 15) is 17.6 Å². The number of hydrogen-bond donors (Lipinski definition) is 0. The lowest BCUT2D eigenvalue weighted by molar-refractivity contribution is -0.123. The first-order valence-corrected chi connectivity index (χ1v) is 13.9. The number of halogens is 1. The fourth-order valence-electron chi connectivity index (χ4n) is 4.04. The minimum atomic E-state index is -3.64. The summed E-state index contributed by atoms with van der Waals surface area (Å²) in [5.74, 6) is -1.08. The molecule has 0 bridgehead atoms. The molecule has 1 fully saturated rings. The molecule has 1 saturated heterocycles. The molecule has 1 amide bonds. The highest BCUT2D eigenvalue weighted by atomic mass is 32.2. The highest BCUT2D eigenvalue weighted by Gasteiger charge is 2.36. The molecule has 1 atom stereocenters. The second kappa shape index (κ2) is 9.49. The van der Waals surface area contributed by atoms with Crippen molar-refractivity contribution in [3.8, 4) is 0 Å². The van der Waals surface area contributed by atoms with E-state index in [1.807, 2.05) is 6.07 Å². The summed E-state index contributed by atoms with van der Waals surface area (Å²) in [6.45, 7) is 0.734. The van der Waals surface area contributed by atoms with Crippen molar-refractivity contribution in [1.29, 1.82) is 0 Å². The monoisotopic (exact) mass is 516 g/mol. The van der Waals surface area contributed by atoms with Crippen molar-refractivity contribution in [2.75, 3.05) is 18.0 Å². The van der Waals surface area contributed by atoms with Crippen molar-refractivity contribution >= 4 is 54.0 Å². The number of amides is 1. The highest BCUT2D eigenvalue weighted by Crippen LogP contribution is 2.33. The second-order valence-electron chi connectivity index (χ2n) is 8.03. The lowest BCUT2D eigenvalue weighted by Gasteiger charge is -2.33. The van der Waals surface area contributed by atoms with E-state index in [0.717, 1.165) is 5.56 Å². The number of pyridine rings is 1. The number of fused-ring (bicyclic) bond motifs is 1. The molecule has 11 heteroatoms. The smallest absolute Gasteiger partial charge is 0.252 e. The number of hydrogen-bond acceptors (Lipinski definition) is 7. The molecule has 34 heavy (non-hydrogen) atoms. The van der Waals surface area contributed by atoms with Crippen molar-refractivity contribution in [2.45, 2.75) is 23.6 Å². The summed E-state index contributed by atoms with van der Waals surface area (Å²) in [6.07, 6.45) is 4.51. The van der Waals surface area contributed by atoms with Crippen molar-refractivity contribution in [3.05, 3.63) is 71.6 Å². The van der Waals surface area contributed by atoms with Gasteiger partial charge in [0.2, 0.25) is 5.91 Å². The normalized spacial score (nSPS) is 17.1. The second-order valence-corrected chi connectivity index (χ2v) is 12.2. The molecule has 4 aromatic rings. The van der Waals surface area contributed by atoms with Gasteiger partial charge in [-0.25, -0.2) is 17.8 Å². The average molecular weight is 517 g/mol. The quantitative estimate of drug-likeness (QED) is 0.376. The first-order chi connectivity index (χ1) is 16.4. The Kier molecular flexibility index (Phi) is 6.43. The van der Waals surface area contributed by atoms with E-state index in [1.165, 1.54) is 39.1 Å². The van der Waals surface area contributed by atoms with Gasteiger partial charge in [-0.15, -0.1) is 11.3 Å². The number of carbonyl (C=O) groups excluding carboxylic acids is 1. The Morgan fingerprint density at radius 2 is 2.12 bits per heavy atom. The number of rotatable bonds is 6. The van der Waals surface area contributed by atoms with Gasteiger partial charge in [0.25, 0.3) is 10.0 Å². The van der Waals surface area contributed by atoms with Gasteiger partial charge in [-0.1, -0.05) is 23.5 Å². The molecule has 176 valence electrons. The largest absolute Gasteiger partial charge is 0.283 e. The molecule has 7 nitrogen and oxygen atoms in total. The Morgan fingerprint density at radius 3 is 2.88 bits per heavy atom. The number of thiazole rings is 1. The van der Waals surface area contributed by atoms with Crippen LogP contribution in [0.2, 0.25) is 0 Å². The average Bonchev–Trinajstić information content (AvgIpc) is 3.53. The Labute approximate surface area is 204 Å². The fourth-order valence-corrected chi connectivity index (χ4v) is 7.70. The molecule has 1 aliphatic rings. The van der Waals surface area contributed by atoms with Crippen LogP contribution in [0.15, 0.2) is 64.4 Å². The zero-order valence-corrected chi connectivity index (χ0v) is 20.5. The van der Waals surface area contributed by atoms with Crippen LogP contribution in [0.1, 0.15) is 18.4 Å². The zero-order valence-electron chi connectivity index (χ0n) is 18.0.